The van der Waals surface area contributed by atoms with Crippen LogP contribution >= 0.6 is 0 Å². The third-order valence-corrected chi connectivity index (χ3v) is 3.46. The molecule has 1 saturated heterocycles. The molecule has 1 atom stereocenters. The van der Waals surface area contributed by atoms with Crippen molar-refractivity contribution in [1.29, 1.82) is 0 Å². The van der Waals surface area contributed by atoms with Gasteiger partial charge in [0.25, 0.3) is 5.91 Å². The van der Waals surface area contributed by atoms with Crippen LogP contribution in [0.5, 0.6) is 0 Å². The standard InChI is InChI=1S/C13H21N5O/c1-10-9-17(2)6-3-7-18(10)13(19)11-4-5-15-12(8-11)16-14/h4-5,8,10H,3,6-7,9,14H2,1-2H3,(H,15,16). The molecule has 104 valence electrons. The lowest BCUT2D eigenvalue weighted by Gasteiger charge is -2.28. The molecule has 1 aliphatic rings. The summed E-state index contributed by atoms with van der Waals surface area (Å²) < 4.78 is 0. The monoisotopic (exact) mass is 263 g/mol. The molecule has 1 aromatic rings. The van der Waals surface area contributed by atoms with Gasteiger partial charge in [-0.05, 0) is 39.1 Å². The summed E-state index contributed by atoms with van der Waals surface area (Å²) in [6.07, 6.45) is 2.59. The van der Waals surface area contributed by atoms with E-state index in [1.807, 2.05) is 4.90 Å². The second-order valence-electron chi connectivity index (χ2n) is 5.04. The maximum Gasteiger partial charge on any atom is 0.254 e. The third kappa shape index (κ3) is 3.21. The number of nitrogen functional groups attached to an aromatic ring is 1. The summed E-state index contributed by atoms with van der Waals surface area (Å²) in [7, 11) is 2.09. The molecule has 0 aromatic carbocycles. The molecular weight excluding hydrogens is 242 g/mol. The molecule has 1 aromatic heterocycles. The van der Waals surface area contributed by atoms with Gasteiger partial charge in [0.15, 0.2) is 0 Å². The molecule has 0 radical (unpaired) electrons. The highest BCUT2D eigenvalue weighted by Crippen LogP contribution is 2.14. The zero-order chi connectivity index (χ0) is 13.8. The topological polar surface area (TPSA) is 74.5 Å². The van der Waals surface area contributed by atoms with Crippen LogP contribution in [0.15, 0.2) is 18.3 Å². The summed E-state index contributed by atoms with van der Waals surface area (Å²) in [4.78, 5) is 20.8. The fraction of sp³-hybridized carbons (Fsp3) is 0.538. The highest BCUT2D eigenvalue weighted by atomic mass is 16.2. The van der Waals surface area contributed by atoms with Gasteiger partial charge < -0.3 is 15.2 Å². The Labute approximate surface area is 113 Å². The minimum atomic E-state index is 0.0432. The normalized spacial score (nSPS) is 21.0. The largest absolute Gasteiger partial charge is 0.335 e. The van der Waals surface area contributed by atoms with Crippen LogP contribution in [0.25, 0.3) is 0 Å². The molecule has 1 unspecified atom stereocenters. The molecule has 6 nitrogen and oxygen atoms in total. The van der Waals surface area contributed by atoms with Gasteiger partial charge in [0.05, 0.1) is 0 Å². The average Bonchev–Trinajstić information content (AvgIpc) is 2.58. The smallest absolute Gasteiger partial charge is 0.254 e. The van der Waals surface area contributed by atoms with E-state index in [0.29, 0.717) is 11.4 Å². The molecule has 2 heterocycles. The van der Waals surface area contributed by atoms with E-state index in [1.165, 1.54) is 0 Å². The number of carbonyl (C=O) groups excluding carboxylic acids is 1. The van der Waals surface area contributed by atoms with Crippen LogP contribution in [-0.4, -0.2) is 53.4 Å². The molecule has 6 heteroatoms. The summed E-state index contributed by atoms with van der Waals surface area (Å²) in [5.41, 5.74) is 3.09. The Bertz CT molecular complexity index is 450. The molecule has 3 N–H and O–H groups in total. The third-order valence-electron chi connectivity index (χ3n) is 3.46. The number of hydrazine groups is 1. The van der Waals surface area contributed by atoms with E-state index in [-0.39, 0.29) is 11.9 Å². The first kappa shape index (κ1) is 13.8. The van der Waals surface area contributed by atoms with Gasteiger partial charge in [0, 0.05) is 30.9 Å². The Morgan fingerprint density at radius 3 is 3.05 bits per heavy atom. The predicted molar refractivity (Wildman–Crippen MR) is 74.7 cm³/mol. The maximum atomic E-state index is 12.5. The Morgan fingerprint density at radius 2 is 2.32 bits per heavy atom. The van der Waals surface area contributed by atoms with E-state index in [4.69, 9.17) is 5.84 Å². The van der Waals surface area contributed by atoms with Crippen LogP contribution < -0.4 is 11.3 Å². The van der Waals surface area contributed by atoms with E-state index in [0.717, 1.165) is 26.1 Å². The number of amides is 1. The SMILES string of the molecule is CC1CN(C)CCCN1C(=O)c1ccnc(NN)c1. The van der Waals surface area contributed by atoms with Crippen LogP contribution in [0.3, 0.4) is 0 Å². The fourth-order valence-electron chi connectivity index (χ4n) is 2.48. The highest BCUT2D eigenvalue weighted by Gasteiger charge is 2.25. The number of rotatable bonds is 2. The second-order valence-corrected chi connectivity index (χ2v) is 5.04. The van der Waals surface area contributed by atoms with E-state index in [1.54, 1.807) is 18.3 Å². The zero-order valence-electron chi connectivity index (χ0n) is 11.5. The van der Waals surface area contributed by atoms with E-state index in [9.17, 15) is 4.79 Å². The van der Waals surface area contributed by atoms with Crippen LogP contribution in [0, 0.1) is 0 Å². The molecule has 0 saturated carbocycles. The number of pyridine rings is 1. The molecule has 1 aliphatic heterocycles. The first-order valence-corrected chi connectivity index (χ1v) is 6.54. The Morgan fingerprint density at radius 1 is 1.53 bits per heavy atom. The number of likely N-dealkylation sites (N-methyl/N-ethyl adjacent to an activating group) is 1. The number of aromatic nitrogens is 1. The number of anilines is 1. The minimum absolute atomic E-state index is 0.0432. The van der Waals surface area contributed by atoms with Gasteiger partial charge in [-0.3, -0.25) is 4.79 Å². The summed E-state index contributed by atoms with van der Waals surface area (Å²) in [5.74, 6) is 5.87. The number of nitrogens with zero attached hydrogens (tertiary/aromatic N) is 3. The van der Waals surface area contributed by atoms with Gasteiger partial charge in [-0.1, -0.05) is 0 Å². The van der Waals surface area contributed by atoms with E-state index in [2.05, 4.69) is 29.3 Å². The fourth-order valence-corrected chi connectivity index (χ4v) is 2.48. The Hall–Kier alpha value is -1.66. The molecule has 2 rings (SSSR count). The Kier molecular flexibility index (Phi) is 4.34. The lowest BCUT2D eigenvalue weighted by molar-refractivity contribution is 0.0696. The summed E-state index contributed by atoms with van der Waals surface area (Å²) >= 11 is 0. The number of hydrogen-bond donors (Lipinski definition) is 2. The van der Waals surface area contributed by atoms with Crippen molar-refractivity contribution in [1.82, 2.24) is 14.8 Å². The summed E-state index contributed by atoms with van der Waals surface area (Å²) in [6.45, 7) is 4.81. The van der Waals surface area contributed by atoms with Gasteiger partial charge >= 0.3 is 0 Å². The van der Waals surface area contributed by atoms with Crippen molar-refractivity contribution in [2.75, 3.05) is 32.1 Å². The molecule has 0 aliphatic carbocycles. The first-order chi connectivity index (χ1) is 9.11. The highest BCUT2D eigenvalue weighted by molar-refractivity contribution is 5.95. The van der Waals surface area contributed by atoms with Gasteiger partial charge in [-0.15, -0.1) is 0 Å². The van der Waals surface area contributed by atoms with Crippen molar-refractivity contribution in [2.24, 2.45) is 5.84 Å². The quantitative estimate of drug-likeness (QED) is 0.601. The number of carbonyl (C=O) groups is 1. The van der Waals surface area contributed by atoms with Crippen molar-refractivity contribution in [3.05, 3.63) is 23.9 Å². The van der Waals surface area contributed by atoms with Crippen molar-refractivity contribution >= 4 is 11.7 Å². The second kappa shape index (κ2) is 5.99. The number of nitrogens with two attached hydrogens (primary N) is 1. The lowest BCUT2D eigenvalue weighted by Crippen LogP contribution is -2.42. The predicted octanol–water partition coefficient (Wildman–Crippen LogP) is 0.533. The van der Waals surface area contributed by atoms with Gasteiger partial charge in [0.2, 0.25) is 0 Å². The molecular formula is C13H21N5O. The molecule has 1 fully saturated rings. The van der Waals surface area contributed by atoms with Crippen molar-refractivity contribution in [3.8, 4) is 0 Å². The van der Waals surface area contributed by atoms with Crippen LogP contribution in [0.1, 0.15) is 23.7 Å². The van der Waals surface area contributed by atoms with Crippen molar-refractivity contribution in [3.63, 3.8) is 0 Å². The number of hydrogen-bond acceptors (Lipinski definition) is 5. The molecule has 0 bridgehead atoms. The molecule has 1 amide bonds. The van der Waals surface area contributed by atoms with Crippen LogP contribution in [0.4, 0.5) is 5.82 Å². The molecule has 0 spiro atoms. The summed E-state index contributed by atoms with van der Waals surface area (Å²) in [5, 5.41) is 0. The van der Waals surface area contributed by atoms with Crippen molar-refractivity contribution < 1.29 is 4.79 Å². The number of nitrogens with one attached hydrogen (secondary N) is 1. The van der Waals surface area contributed by atoms with Crippen molar-refractivity contribution in [2.45, 2.75) is 19.4 Å². The van der Waals surface area contributed by atoms with Gasteiger partial charge in [-0.2, -0.15) is 0 Å². The minimum Gasteiger partial charge on any atom is -0.335 e. The zero-order valence-corrected chi connectivity index (χ0v) is 11.5. The lowest BCUT2D eigenvalue weighted by atomic mass is 10.2. The van der Waals surface area contributed by atoms with Crippen LogP contribution in [-0.2, 0) is 0 Å². The Balaban J connectivity index is 2.17. The maximum absolute atomic E-state index is 12.5. The van der Waals surface area contributed by atoms with Gasteiger partial charge in [-0.25, -0.2) is 10.8 Å². The van der Waals surface area contributed by atoms with E-state index < -0.39 is 0 Å². The molecule has 19 heavy (non-hydrogen) atoms. The van der Waals surface area contributed by atoms with Crippen LogP contribution in [0.2, 0.25) is 0 Å². The van der Waals surface area contributed by atoms with Gasteiger partial charge in [0.1, 0.15) is 5.82 Å². The van der Waals surface area contributed by atoms with E-state index >= 15 is 0 Å². The average molecular weight is 263 g/mol. The first-order valence-electron chi connectivity index (χ1n) is 6.54. The summed E-state index contributed by atoms with van der Waals surface area (Å²) in [6, 6.07) is 3.62.